The molecule has 2 fully saturated rings. The number of fused-ring (bicyclic) bond motifs is 3. The Morgan fingerprint density at radius 3 is 2.71 bits per heavy atom. The summed E-state index contributed by atoms with van der Waals surface area (Å²) >= 11 is 0. The molecular weight excluding hydrogens is 260 g/mol. The van der Waals surface area contributed by atoms with E-state index in [1.807, 2.05) is 0 Å². The third-order valence-electron chi connectivity index (χ3n) is 7.08. The highest BCUT2D eigenvalue weighted by atomic mass is 16.5. The van der Waals surface area contributed by atoms with Gasteiger partial charge >= 0.3 is 5.97 Å². The third-order valence-corrected chi connectivity index (χ3v) is 7.08. The first-order valence-electron chi connectivity index (χ1n) is 8.72. The molecule has 0 radical (unpaired) electrons. The Labute approximate surface area is 129 Å². The average molecular weight is 290 g/mol. The second kappa shape index (κ2) is 5.14. The van der Waals surface area contributed by atoms with Crippen LogP contribution in [0, 0.1) is 28.6 Å². The van der Waals surface area contributed by atoms with Gasteiger partial charge in [0.15, 0.2) is 0 Å². The van der Waals surface area contributed by atoms with E-state index in [2.05, 4.69) is 26.8 Å². The zero-order valence-corrected chi connectivity index (χ0v) is 14.1. The third kappa shape index (κ3) is 2.09. The van der Waals surface area contributed by atoms with Crippen LogP contribution in [0.2, 0.25) is 0 Å². The number of hydrogen-bond donors (Lipinski definition) is 0. The minimum absolute atomic E-state index is 0.0151. The average Bonchev–Trinajstić information content (AvgIpc) is 2.47. The molecule has 0 saturated heterocycles. The summed E-state index contributed by atoms with van der Waals surface area (Å²) < 4.78 is 5.19. The fraction of sp³-hybridized carbons (Fsp3) is 0.842. The zero-order chi connectivity index (χ0) is 15.3. The van der Waals surface area contributed by atoms with Crippen molar-refractivity contribution in [2.45, 2.75) is 65.7 Å². The highest BCUT2D eigenvalue weighted by Gasteiger charge is 2.57. The van der Waals surface area contributed by atoms with Gasteiger partial charge in [-0.2, -0.15) is 0 Å². The quantitative estimate of drug-likeness (QED) is 0.515. The summed E-state index contributed by atoms with van der Waals surface area (Å²) in [4.78, 5) is 12.5. The lowest BCUT2D eigenvalue weighted by atomic mass is 9.46. The van der Waals surface area contributed by atoms with Crippen molar-refractivity contribution < 1.29 is 9.53 Å². The number of hydrogen-bond acceptors (Lipinski definition) is 2. The van der Waals surface area contributed by atoms with Crippen molar-refractivity contribution in [1.29, 1.82) is 0 Å². The molecule has 0 aromatic rings. The van der Waals surface area contributed by atoms with Crippen molar-refractivity contribution >= 4 is 5.97 Å². The molecule has 3 aliphatic rings. The molecule has 0 amide bonds. The molecule has 2 saturated carbocycles. The van der Waals surface area contributed by atoms with Crippen molar-refractivity contribution in [1.82, 2.24) is 0 Å². The van der Waals surface area contributed by atoms with Gasteiger partial charge in [-0.15, -0.1) is 0 Å². The normalized spacial score (nSPS) is 46.1. The number of esters is 1. The highest BCUT2D eigenvalue weighted by Crippen LogP contribution is 2.63. The van der Waals surface area contributed by atoms with Crippen LogP contribution in [0.3, 0.4) is 0 Å². The molecule has 0 N–H and O–H groups in total. The maximum Gasteiger partial charge on any atom is 0.311 e. The van der Waals surface area contributed by atoms with Gasteiger partial charge < -0.3 is 4.74 Å². The monoisotopic (exact) mass is 290 g/mol. The Balaban J connectivity index is 2.00. The number of methoxy groups -OCH3 is 1. The van der Waals surface area contributed by atoms with Crippen LogP contribution in [0.25, 0.3) is 0 Å². The van der Waals surface area contributed by atoms with E-state index in [0.29, 0.717) is 5.92 Å². The molecule has 1 unspecified atom stereocenters. The van der Waals surface area contributed by atoms with Gasteiger partial charge in [-0.1, -0.05) is 31.9 Å². The van der Waals surface area contributed by atoms with Crippen molar-refractivity contribution in [3.63, 3.8) is 0 Å². The van der Waals surface area contributed by atoms with Crippen LogP contribution in [0.4, 0.5) is 0 Å². The van der Waals surface area contributed by atoms with E-state index in [4.69, 9.17) is 4.74 Å². The van der Waals surface area contributed by atoms with E-state index in [1.54, 1.807) is 12.7 Å². The highest BCUT2D eigenvalue weighted by molar-refractivity contribution is 5.77. The molecule has 0 heterocycles. The lowest BCUT2D eigenvalue weighted by molar-refractivity contribution is -0.164. The number of rotatable bonds is 1. The lowest BCUT2D eigenvalue weighted by Crippen LogP contribution is -2.53. The van der Waals surface area contributed by atoms with Gasteiger partial charge in [0.2, 0.25) is 0 Å². The number of carbonyl (C=O) groups excluding carboxylic acids is 1. The predicted octanol–water partition coefficient (Wildman–Crippen LogP) is 4.74. The number of carbonyl (C=O) groups is 1. The largest absolute Gasteiger partial charge is 0.469 e. The summed E-state index contributed by atoms with van der Waals surface area (Å²) in [5.74, 6) is 2.05. The van der Waals surface area contributed by atoms with Crippen LogP contribution in [-0.2, 0) is 9.53 Å². The van der Waals surface area contributed by atoms with Crippen LogP contribution in [-0.4, -0.2) is 13.1 Å². The summed E-state index contributed by atoms with van der Waals surface area (Å²) in [6.07, 6.45) is 10.9. The molecule has 21 heavy (non-hydrogen) atoms. The fourth-order valence-electron chi connectivity index (χ4n) is 5.94. The van der Waals surface area contributed by atoms with Gasteiger partial charge in [0.05, 0.1) is 12.5 Å². The minimum Gasteiger partial charge on any atom is -0.469 e. The molecule has 0 aromatic heterocycles. The maximum atomic E-state index is 12.5. The molecule has 118 valence electrons. The molecule has 3 rings (SSSR count). The summed E-state index contributed by atoms with van der Waals surface area (Å²) in [6, 6.07) is 0. The van der Waals surface area contributed by atoms with Gasteiger partial charge in [0, 0.05) is 0 Å². The van der Waals surface area contributed by atoms with Crippen LogP contribution in [0.1, 0.15) is 65.7 Å². The molecule has 2 heteroatoms. The second-order valence-corrected chi connectivity index (χ2v) is 8.13. The van der Waals surface area contributed by atoms with Crippen LogP contribution < -0.4 is 0 Å². The van der Waals surface area contributed by atoms with Crippen molar-refractivity contribution in [3.8, 4) is 0 Å². The van der Waals surface area contributed by atoms with Gasteiger partial charge in [0.25, 0.3) is 0 Å². The molecule has 2 nitrogen and oxygen atoms in total. The van der Waals surface area contributed by atoms with Crippen LogP contribution >= 0.6 is 0 Å². The first-order chi connectivity index (χ1) is 9.93. The van der Waals surface area contributed by atoms with Gasteiger partial charge in [-0.05, 0) is 68.6 Å². The number of allylic oxidation sites excluding steroid dienone is 2. The van der Waals surface area contributed by atoms with E-state index in [0.717, 1.165) is 24.7 Å². The molecule has 0 spiro atoms. The van der Waals surface area contributed by atoms with E-state index in [1.165, 1.54) is 32.1 Å². The summed E-state index contributed by atoms with van der Waals surface area (Å²) in [7, 11) is 1.55. The summed E-state index contributed by atoms with van der Waals surface area (Å²) in [6.45, 7) is 7.02. The predicted molar refractivity (Wildman–Crippen MR) is 84.8 cm³/mol. The molecule has 5 atom stereocenters. The van der Waals surface area contributed by atoms with Crippen molar-refractivity contribution in [3.05, 3.63) is 11.6 Å². The van der Waals surface area contributed by atoms with Crippen LogP contribution in [0.5, 0.6) is 0 Å². The van der Waals surface area contributed by atoms with E-state index in [9.17, 15) is 4.79 Å². The molecule has 3 aliphatic carbocycles. The summed E-state index contributed by atoms with van der Waals surface area (Å²) in [5.41, 5.74) is 1.62. The second-order valence-electron chi connectivity index (χ2n) is 8.13. The zero-order valence-electron chi connectivity index (χ0n) is 14.1. The molecule has 0 aliphatic heterocycles. The van der Waals surface area contributed by atoms with Crippen LogP contribution in [0.15, 0.2) is 11.6 Å². The minimum atomic E-state index is -0.283. The van der Waals surface area contributed by atoms with Crippen molar-refractivity contribution in [2.24, 2.45) is 28.6 Å². The summed E-state index contributed by atoms with van der Waals surface area (Å²) in [5, 5.41) is 0. The first kappa shape index (κ1) is 15.1. The van der Waals surface area contributed by atoms with Crippen molar-refractivity contribution in [2.75, 3.05) is 7.11 Å². The Morgan fingerprint density at radius 1 is 1.24 bits per heavy atom. The Hall–Kier alpha value is -0.790. The lowest BCUT2D eigenvalue weighted by Gasteiger charge is -2.58. The SMILES string of the molecule is COC(=O)[C@]1(C)CCC[C@@]2(C)C3=CCCC(C)[C@@H]3CC[C@H]12. The molecule has 0 aromatic carbocycles. The Bertz CT molecular complexity index is 466. The Kier molecular flexibility index (Phi) is 3.70. The maximum absolute atomic E-state index is 12.5. The first-order valence-corrected chi connectivity index (χ1v) is 8.72. The van der Waals surface area contributed by atoms with E-state index >= 15 is 0 Å². The fourth-order valence-corrected chi connectivity index (χ4v) is 5.94. The topological polar surface area (TPSA) is 26.3 Å². The Morgan fingerprint density at radius 2 is 2.00 bits per heavy atom. The molecular formula is C19H30O2. The van der Waals surface area contributed by atoms with Gasteiger partial charge in [-0.25, -0.2) is 0 Å². The standard InChI is InChI=1S/C19H30O2/c1-13-7-5-8-15-14(13)9-10-16-18(15,2)11-6-12-19(16,3)17(20)21-4/h8,13-14,16H,5-7,9-12H2,1-4H3/t13?,14-,16-,18-,19+/m0/s1. The van der Waals surface area contributed by atoms with Gasteiger partial charge in [0.1, 0.15) is 0 Å². The van der Waals surface area contributed by atoms with Gasteiger partial charge in [-0.3, -0.25) is 4.79 Å². The van der Waals surface area contributed by atoms with E-state index in [-0.39, 0.29) is 16.8 Å². The van der Waals surface area contributed by atoms with E-state index < -0.39 is 0 Å². The number of ether oxygens (including phenoxy) is 1. The smallest absolute Gasteiger partial charge is 0.311 e. The molecule has 0 bridgehead atoms.